The van der Waals surface area contributed by atoms with Gasteiger partial charge in [0.25, 0.3) is 0 Å². The van der Waals surface area contributed by atoms with Crippen LogP contribution in [0.4, 0.5) is 0 Å². The molecule has 0 rings (SSSR count). The highest BCUT2D eigenvalue weighted by Crippen LogP contribution is 1.87. The zero-order valence-corrected chi connectivity index (χ0v) is 6.73. The Morgan fingerprint density at radius 2 is 1.92 bits per heavy atom. The molecule has 0 aliphatic carbocycles. The average molecular weight is 187 g/mol. The highest BCUT2D eigenvalue weighted by molar-refractivity contribution is 5.95. The van der Waals surface area contributed by atoms with Crippen LogP contribution in [0.1, 0.15) is 6.42 Å². The van der Waals surface area contributed by atoms with Gasteiger partial charge >= 0.3 is 17.9 Å². The molecule has 0 amide bonds. The molecule has 0 heterocycles. The lowest BCUT2D eigenvalue weighted by Gasteiger charge is -1.96. The number of carboxylic acid groups (broad SMARTS) is 1. The van der Waals surface area contributed by atoms with Gasteiger partial charge in [-0.25, -0.2) is 9.59 Å². The zero-order valence-electron chi connectivity index (χ0n) is 6.73. The number of esters is 2. The Kier molecular flexibility index (Phi) is 5.13. The summed E-state index contributed by atoms with van der Waals surface area (Å²) in [5, 5.41) is 8.10. The predicted molar refractivity (Wildman–Crippen MR) is 41.5 cm³/mol. The minimum absolute atomic E-state index is 0.0767. The molecule has 0 aromatic heterocycles. The third-order valence-corrected chi connectivity index (χ3v) is 0.925. The number of aliphatic carboxylic acids is 1. The first-order chi connectivity index (χ1) is 6.06. The molecule has 0 aliphatic heterocycles. The summed E-state index contributed by atoms with van der Waals surface area (Å²) >= 11 is 0. The second-order valence-corrected chi connectivity index (χ2v) is 2.00. The van der Waals surface area contributed by atoms with Gasteiger partial charge in [-0.15, -0.1) is 0 Å². The number of carbonyl (C=O) groups is 3. The van der Waals surface area contributed by atoms with Gasteiger partial charge in [-0.05, 0) is 0 Å². The van der Waals surface area contributed by atoms with Crippen molar-refractivity contribution in [1.29, 1.82) is 0 Å². The van der Waals surface area contributed by atoms with E-state index in [1.54, 1.807) is 0 Å². The second kappa shape index (κ2) is 5.90. The summed E-state index contributed by atoms with van der Waals surface area (Å²) < 4.78 is 4.13. The monoisotopic (exact) mass is 187 g/mol. The van der Waals surface area contributed by atoms with E-state index in [1.807, 2.05) is 0 Å². The molecule has 13 heavy (non-hydrogen) atoms. The Labute approximate surface area is 74.0 Å². The van der Waals surface area contributed by atoms with E-state index in [0.29, 0.717) is 12.2 Å². The topological polar surface area (TPSA) is 107 Å². The molecule has 0 unspecified atom stereocenters. The first-order valence-corrected chi connectivity index (χ1v) is 3.42. The predicted octanol–water partition coefficient (Wildman–Crippen LogP) is -0.954. The van der Waals surface area contributed by atoms with Crippen LogP contribution in [0.2, 0.25) is 0 Å². The maximum absolute atomic E-state index is 10.6. The smallest absolute Gasteiger partial charge is 0.338 e. The maximum atomic E-state index is 10.6. The molecule has 0 atom stereocenters. The largest absolute Gasteiger partial charge is 0.478 e. The normalized spacial score (nSPS) is 9.92. The van der Waals surface area contributed by atoms with E-state index in [4.69, 9.17) is 10.8 Å². The Bertz CT molecular complexity index is 245. The number of nitrogens with two attached hydrogens (primary N) is 1. The fraction of sp³-hybridized carbons (Fsp3) is 0.286. The molecule has 3 N–H and O–H groups in total. The highest BCUT2D eigenvalue weighted by Gasteiger charge is 2.05. The van der Waals surface area contributed by atoms with E-state index in [1.165, 1.54) is 0 Å². The van der Waals surface area contributed by atoms with Crippen molar-refractivity contribution in [3.05, 3.63) is 12.2 Å². The van der Waals surface area contributed by atoms with E-state index in [-0.39, 0.29) is 13.0 Å². The molecule has 0 fully saturated rings. The van der Waals surface area contributed by atoms with E-state index < -0.39 is 17.9 Å². The van der Waals surface area contributed by atoms with Gasteiger partial charge in [-0.1, -0.05) is 0 Å². The van der Waals surface area contributed by atoms with E-state index >= 15 is 0 Å². The van der Waals surface area contributed by atoms with Crippen LogP contribution in [0, 0.1) is 0 Å². The van der Waals surface area contributed by atoms with Crippen LogP contribution in [0.15, 0.2) is 12.2 Å². The first-order valence-electron chi connectivity index (χ1n) is 3.42. The molecule has 0 spiro atoms. The van der Waals surface area contributed by atoms with Crippen molar-refractivity contribution in [3.63, 3.8) is 0 Å². The summed E-state index contributed by atoms with van der Waals surface area (Å²) in [5.74, 6) is -3.08. The van der Waals surface area contributed by atoms with Crippen molar-refractivity contribution in [2.45, 2.75) is 6.42 Å². The number of carboxylic acids is 1. The lowest BCUT2D eigenvalue weighted by Crippen LogP contribution is -2.14. The summed E-state index contributed by atoms with van der Waals surface area (Å²) in [7, 11) is 0. The quantitative estimate of drug-likeness (QED) is 0.333. The van der Waals surface area contributed by atoms with Gasteiger partial charge < -0.3 is 15.6 Å². The van der Waals surface area contributed by atoms with Crippen LogP contribution < -0.4 is 5.73 Å². The van der Waals surface area contributed by atoms with E-state index in [0.717, 1.165) is 0 Å². The molecule has 0 saturated heterocycles. The molecule has 0 bridgehead atoms. The van der Waals surface area contributed by atoms with Gasteiger partial charge in [0, 0.05) is 18.7 Å². The fourth-order valence-corrected chi connectivity index (χ4v) is 0.454. The molecular weight excluding hydrogens is 178 g/mol. The average Bonchev–Trinajstić information content (AvgIpc) is 2.01. The lowest BCUT2D eigenvalue weighted by molar-refractivity contribution is -0.156. The fourth-order valence-electron chi connectivity index (χ4n) is 0.454. The van der Waals surface area contributed by atoms with Crippen LogP contribution >= 0.6 is 0 Å². The Morgan fingerprint density at radius 3 is 2.38 bits per heavy atom. The Hall–Kier alpha value is -1.69. The number of carbonyl (C=O) groups excluding carboxylic acids is 2. The maximum Gasteiger partial charge on any atom is 0.338 e. The van der Waals surface area contributed by atoms with Gasteiger partial charge in [-0.3, -0.25) is 4.79 Å². The second-order valence-electron chi connectivity index (χ2n) is 2.00. The van der Waals surface area contributed by atoms with Crippen LogP contribution in [0.3, 0.4) is 0 Å². The van der Waals surface area contributed by atoms with E-state index in [9.17, 15) is 14.4 Å². The standard InChI is InChI=1S/C7H9NO5/c8-4-3-7(12)13-6(11)2-1-5(9)10/h1-2H,3-4,8H2,(H,9,10). The zero-order chi connectivity index (χ0) is 10.3. The van der Waals surface area contributed by atoms with Gasteiger partial charge in [0.1, 0.15) is 0 Å². The molecule has 72 valence electrons. The Balaban J connectivity index is 3.87. The van der Waals surface area contributed by atoms with Crippen LogP contribution in [0.5, 0.6) is 0 Å². The highest BCUT2D eigenvalue weighted by atomic mass is 16.6. The number of hydrogen-bond donors (Lipinski definition) is 2. The summed E-state index contributed by atoms with van der Waals surface area (Å²) in [6.45, 7) is 0.0781. The Morgan fingerprint density at radius 1 is 1.31 bits per heavy atom. The summed E-state index contributed by atoms with van der Waals surface area (Å²) in [6.07, 6.45) is 1.15. The van der Waals surface area contributed by atoms with Crippen molar-refractivity contribution < 1.29 is 24.2 Å². The van der Waals surface area contributed by atoms with Crippen molar-refractivity contribution >= 4 is 17.9 Å². The third-order valence-electron chi connectivity index (χ3n) is 0.925. The van der Waals surface area contributed by atoms with Crippen LogP contribution in [-0.4, -0.2) is 29.6 Å². The molecule has 0 radical (unpaired) electrons. The summed E-state index contributed by atoms with van der Waals surface area (Å²) in [5.41, 5.74) is 5.00. The third kappa shape index (κ3) is 6.70. The summed E-state index contributed by atoms with van der Waals surface area (Å²) in [4.78, 5) is 31.1. The van der Waals surface area contributed by atoms with E-state index in [2.05, 4.69) is 4.74 Å². The molecule has 0 aromatic carbocycles. The van der Waals surface area contributed by atoms with Crippen molar-refractivity contribution in [2.24, 2.45) is 5.73 Å². The van der Waals surface area contributed by atoms with Gasteiger partial charge in [0.2, 0.25) is 0 Å². The minimum atomic E-state index is -1.29. The van der Waals surface area contributed by atoms with Crippen LogP contribution in [-0.2, 0) is 19.1 Å². The molecule has 0 aromatic rings. The minimum Gasteiger partial charge on any atom is -0.478 e. The molecule has 0 saturated carbocycles. The van der Waals surface area contributed by atoms with Crippen LogP contribution in [0.25, 0.3) is 0 Å². The molecule has 0 aliphatic rings. The van der Waals surface area contributed by atoms with Gasteiger partial charge in [0.05, 0.1) is 6.42 Å². The SMILES string of the molecule is NCCC(=O)OC(=O)C=CC(=O)O. The van der Waals surface area contributed by atoms with Crippen molar-refractivity contribution in [3.8, 4) is 0 Å². The number of rotatable bonds is 4. The molecule has 6 nitrogen and oxygen atoms in total. The van der Waals surface area contributed by atoms with Gasteiger partial charge in [0.15, 0.2) is 0 Å². The van der Waals surface area contributed by atoms with Crippen molar-refractivity contribution in [1.82, 2.24) is 0 Å². The molecular formula is C7H9NO5. The van der Waals surface area contributed by atoms with Gasteiger partial charge in [-0.2, -0.15) is 0 Å². The number of hydrogen-bond acceptors (Lipinski definition) is 5. The summed E-state index contributed by atoms with van der Waals surface area (Å²) in [6, 6.07) is 0. The first kappa shape index (κ1) is 11.3. The number of ether oxygens (including phenoxy) is 1. The lowest BCUT2D eigenvalue weighted by atomic mass is 10.4. The molecule has 6 heteroatoms. The van der Waals surface area contributed by atoms with Crippen molar-refractivity contribution in [2.75, 3.05) is 6.54 Å².